The zero-order valence-electron chi connectivity index (χ0n) is 11.4. The second-order valence-electron chi connectivity index (χ2n) is 5.10. The van der Waals surface area contributed by atoms with Gasteiger partial charge >= 0.3 is 0 Å². The zero-order chi connectivity index (χ0) is 14.8. The molecule has 2 fully saturated rings. The Kier molecular flexibility index (Phi) is 4.33. The van der Waals surface area contributed by atoms with E-state index in [2.05, 4.69) is 4.90 Å². The topological polar surface area (TPSA) is 40.6 Å². The van der Waals surface area contributed by atoms with Gasteiger partial charge in [-0.2, -0.15) is 0 Å². The molecule has 1 aromatic carbocycles. The Morgan fingerprint density at radius 2 is 1.90 bits per heavy atom. The van der Waals surface area contributed by atoms with Crippen molar-refractivity contribution in [3.05, 3.63) is 39.8 Å². The Labute approximate surface area is 132 Å². The van der Waals surface area contributed by atoms with Crippen molar-refractivity contribution >= 4 is 40.6 Å². The number of imide groups is 1. The minimum Gasteiger partial charge on any atom is -0.286 e. The third-order valence-electron chi connectivity index (χ3n) is 3.61. The largest absolute Gasteiger partial charge is 0.294 e. The Balaban J connectivity index is 1.78. The van der Waals surface area contributed by atoms with E-state index >= 15 is 0 Å². The number of rotatable bonds is 3. The van der Waals surface area contributed by atoms with Crippen LogP contribution in [0.25, 0.3) is 6.08 Å². The second-order valence-corrected chi connectivity index (χ2v) is 6.50. The van der Waals surface area contributed by atoms with E-state index in [1.165, 1.54) is 4.90 Å². The summed E-state index contributed by atoms with van der Waals surface area (Å²) in [6, 6.07) is 7.28. The monoisotopic (exact) mass is 322 g/mol. The molecule has 0 spiro atoms. The number of likely N-dealkylation sites (tertiary alicyclic amines) is 1. The fourth-order valence-electron chi connectivity index (χ4n) is 2.48. The number of halogens is 1. The lowest BCUT2D eigenvalue weighted by atomic mass is 10.2. The molecule has 2 saturated heterocycles. The normalized spacial score (nSPS) is 21.8. The fourth-order valence-corrected chi connectivity index (χ4v) is 3.49. The highest BCUT2D eigenvalue weighted by atomic mass is 35.5. The molecule has 3 rings (SSSR count). The first-order chi connectivity index (χ1) is 10.1. The third kappa shape index (κ3) is 3.15. The van der Waals surface area contributed by atoms with E-state index in [1.54, 1.807) is 12.1 Å². The summed E-state index contributed by atoms with van der Waals surface area (Å²) in [4.78, 5) is 28.3. The highest BCUT2D eigenvalue weighted by molar-refractivity contribution is 8.18. The number of hydrogen-bond donors (Lipinski definition) is 0. The van der Waals surface area contributed by atoms with Crippen LogP contribution in [0.3, 0.4) is 0 Å². The SMILES string of the molecule is O=C1S/C(=C/c2ccccc2Cl)C(=O)N1CN1CCCC1. The van der Waals surface area contributed by atoms with E-state index in [9.17, 15) is 9.59 Å². The van der Waals surface area contributed by atoms with Crippen LogP contribution in [0.1, 0.15) is 18.4 Å². The predicted octanol–water partition coefficient (Wildman–Crippen LogP) is 3.43. The summed E-state index contributed by atoms with van der Waals surface area (Å²) in [5.41, 5.74) is 0.755. The highest BCUT2D eigenvalue weighted by Gasteiger charge is 2.36. The molecule has 0 atom stereocenters. The number of carbonyl (C=O) groups is 2. The fraction of sp³-hybridized carbons (Fsp3) is 0.333. The molecular formula is C15H15ClN2O2S. The number of nitrogens with zero attached hydrogens (tertiary/aromatic N) is 2. The Morgan fingerprint density at radius 1 is 1.19 bits per heavy atom. The summed E-state index contributed by atoms with van der Waals surface area (Å²) in [7, 11) is 0. The molecule has 2 heterocycles. The number of benzene rings is 1. The van der Waals surface area contributed by atoms with Crippen LogP contribution in [0.15, 0.2) is 29.2 Å². The minimum absolute atomic E-state index is 0.204. The summed E-state index contributed by atoms with van der Waals surface area (Å²) >= 11 is 7.07. The van der Waals surface area contributed by atoms with Crippen LogP contribution in [0.2, 0.25) is 5.02 Å². The van der Waals surface area contributed by atoms with Crippen molar-refractivity contribution in [2.24, 2.45) is 0 Å². The summed E-state index contributed by atoms with van der Waals surface area (Å²) < 4.78 is 0. The van der Waals surface area contributed by atoms with Gasteiger partial charge in [-0.15, -0.1) is 0 Å². The van der Waals surface area contributed by atoms with E-state index in [0.717, 1.165) is 43.3 Å². The van der Waals surface area contributed by atoms with Crippen molar-refractivity contribution in [3.63, 3.8) is 0 Å². The minimum atomic E-state index is -0.225. The standard InChI is InChI=1S/C15H15ClN2O2S/c16-12-6-2-1-5-11(12)9-13-14(19)18(15(20)21-13)10-17-7-3-4-8-17/h1-2,5-6,9H,3-4,7-8,10H2/b13-9+. The summed E-state index contributed by atoms with van der Waals surface area (Å²) in [5.74, 6) is -0.225. The molecule has 6 heteroatoms. The second kappa shape index (κ2) is 6.22. The third-order valence-corrected chi connectivity index (χ3v) is 4.86. The van der Waals surface area contributed by atoms with Gasteiger partial charge in [0.1, 0.15) is 0 Å². The van der Waals surface area contributed by atoms with Gasteiger partial charge in [0.25, 0.3) is 11.1 Å². The van der Waals surface area contributed by atoms with Crippen molar-refractivity contribution in [1.82, 2.24) is 9.80 Å². The molecule has 0 aliphatic carbocycles. The van der Waals surface area contributed by atoms with Gasteiger partial charge in [-0.3, -0.25) is 19.4 Å². The first-order valence-corrected chi connectivity index (χ1v) is 8.07. The van der Waals surface area contributed by atoms with Crippen LogP contribution in [-0.4, -0.2) is 40.7 Å². The van der Waals surface area contributed by atoms with Gasteiger partial charge in [0.15, 0.2) is 0 Å². The van der Waals surface area contributed by atoms with Crippen LogP contribution >= 0.6 is 23.4 Å². The zero-order valence-corrected chi connectivity index (χ0v) is 13.0. The maximum Gasteiger partial charge on any atom is 0.294 e. The molecule has 110 valence electrons. The first kappa shape index (κ1) is 14.6. The molecule has 0 N–H and O–H groups in total. The molecule has 0 unspecified atom stereocenters. The maximum atomic E-state index is 12.4. The summed E-state index contributed by atoms with van der Waals surface area (Å²) in [6.07, 6.45) is 3.95. The summed E-state index contributed by atoms with van der Waals surface area (Å²) in [6.45, 7) is 2.29. The van der Waals surface area contributed by atoms with Gasteiger partial charge in [-0.1, -0.05) is 29.8 Å². The lowest BCUT2D eigenvalue weighted by molar-refractivity contribution is -0.124. The molecule has 2 aliphatic heterocycles. The van der Waals surface area contributed by atoms with E-state index in [0.29, 0.717) is 16.6 Å². The van der Waals surface area contributed by atoms with Crippen molar-refractivity contribution in [1.29, 1.82) is 0 Å². The number of amides is 2. The Bertz CT molecular complexity index is 611. The molecule has 0 saturated carbocycles. The molecule has 0 radical (unpaired) electrons. The van der Waals surface area contributed by atoms with Crippen LogP contribution in [0.4, 0.5) is 4.79 Å². The van der Waals surface area contributed by atoms with Gasteiger partial charge in [0.2, 0.25) is 0 Å². The van der Waals surface area contributed by atoms with E-state index in [4.69, 9.17) is 11.6 Å². The Morgan fingerprint density at radius 3 is 2.62 bits per heavy atom. The highest BCUT2D eigenvalue weighted by Crippen LogP contribution is 2.33. The molecule has 2 aliphatic rings. The molecule has 1 aromatic rings. The molecule has 21 heavy (non-hydrogen) atoms. The van der Waals surface area contributed by atoms with Crippen LogP contribution in [0.5, 0.6) is 0 Å². The molecule has 2 amide bonds. The van der Waals surface area contributed by atoms with Crippen LogP contribution in [-0.2, 0) is 4.79 Å². The van der Waals surface area contributed by atoms with Gasteiger partial charge in [-0.05, 0) is 55.4 Å². The maximum absolute atomic E-state index is 12.4. The van der Waals surface area contributed by atoms with Crippen molar-refractivity contribution < 1.29 is 9.59 Å². The number of thioether (sulfide) groups is 1. The van der Waals surface area contributed by atoms with Gasteiger partial charge in [-0.25, -0.2) is 0 Å². The van der Waals surface area contributed by atoms with Gasteiger partial charge in [0, 0.05) is 5.02 Å². The number of hydrogen-bond acceptors (Lipinski definition) is 4. The molecule has 0 aromatic heterocycles. The van der Waals surface area contributed by atoms with Gasteiger partial charge in [0.05, 0.1) is 11.6 Å². The smallest absolute Gasteiger partial charge is 0.286 e. The lowest BCUT2D eigenvalue weighted by Gasteiger charge is -2.20. The summed E-state index contributed by atoms with van der Waals surface area (Å²) in [5, 5.41) is 0.369. The van der Waals surface area contributed by atoms with Crippen molar-refractivity contribution in [3.8, 4) is 0 Å². The Hall–Kier alpha value is -1.30. The average Bonchev–Trinajstić information content (AvgIpc) is 3.06. The van der Waals surface area contributed by atoms with Crippen molar-refractivity contribution in [2.45, 2.75) is 12.8 Å². The average molecular weight is 323 g/mol. The first-order valence-electron chi connectivity index (χ1n) is 6.87. The molecule has 4 nitrogen and oxygen atoms in total. The number of carbonyl (C=O) groups excluding carboxylic acids is 2. The lowest BCUT2D eigenvalue weighted by Crippen LogP contribution is -2.38. The molecule has 0 bridgehead atoms. The van der Waals surface area contributed by atoms with Crippen molar-refractivity contribution in [2.75, 3.05) is 19.8 Å². The molecular weight excluding hydrogens is 308 g/mol. The van der Waals surface area contributed by atoms with Crippen LogP contribution in [0, 0.1) is 0 Å². The van der Waals surface area contributed by atoms with E-state index in [-0.39, 0.29) is 11.1 Å². The van der Waals surface area contributed by atoms with E-state index < -0.39 is 0 Å². The predicted molar refractivity (Wildman–Crippen MR) is 84.9 cm³/mol. The quantitative estimate of drug-likeness (QED) is 0.799. The van der Waals surface area contributed by atoms with Crippen LogP contribution < -0.4 is 0 Å². The van der Waals surface area contributed by atoms with E-state index in [1.807, 2.05) is 18.2 Å². The van der Waals surface area contributed by atoms with Gasteiger partial charge < -0.3 is 0 Å².